The smallest absolute Gasteiger partial charge is 0.349 e. The summed E-state index contributed by atoms with van der Waals surface area (Å²) in [6.07, 6.45) is -18.5. The van der Waals surface area contributed by atoms with E-state index in [1.165, 1.54) is 60.0 Å². The molecule has 42 nitrogen and oxygen atoms in total. The molecule has 9 heterocycles. The van der Waals surface area contributed by atoms with Crippen molar-refractivity contribution in [3.05, 3.63) is 173 Å². The molecule has 0 radical (unpaired) electrons. The number of nitrogens with two attached hydrogens (primary N) is 1. The number of hydroxylamine groups is 1. The van der Waals surface area contributed by atoms with Crippen molar-refractivity contribution >= 4 is 111 Å². The second-order valence-corrected chi connectivity index (χ2v) is 34.4. The molecule has 18 atom stereocenters. The van der Waals surface area contributed by atoms with E-state index in [-0.39, 0.29) is 91.6 Å². The van der Waals surface area contributed by atoms with Gasteiger partial charge in [-0.25, -0.2) is 10.3 Å². The minimum absolute atomic E-state index is 0.0495. The van der Waals surface area contributed by atoms with Crippen molar-refractivity contribution in [1.29, 1.82) is 0 Å². The van der Waals surface area contributed by atoms with E-state index >= 15 is 24.0 Å². The molecule has 8 aliphatic rings. The van der Waals surface area contributed by atoms with Crippen LogP contribution in [0.1, 0.15) is 111 Å². The van der Waals surface area contributed by atoms with Gasteiger partial charge in [-0.2, -0.15) is 4.98 Å². The van der Waals surface area contributed by atoms with E-state index in [4.69, 9.17) is 90.1 Å². The highest BCUT2D eigenvalue weighted by molar-refractivity contribution is 6.42. The molecule has 0 aliphatic carbocycles. The number of morpholine rings is 1. The fourth-order valence-electron chi connectivity index (χ4n) is 15.9. The number of amides is 10. The van der Waals surface area contributed by atoms with E-state index < -0.39 is 277 Å². The third kappa shape index (κ3) is 22.5. The maximum Gasteiger partial charge on any atom is 0.349 e. The summed E-state index contributed by atoms with van der Waals surface area (Å²) in [4.78, 5) is 171. The van der Waals surface area contributed by atoms with Gasteiger partial charge in [-0.1, -0.05) is 84.5 Å². The molecular formula is C86H96Cl4N14O28. The van der Waals surface area contributed by atoms with Crippen LogP contribution in [-0.4, -0.2) is 252 Å². The number of nitrogens with one attached hydrogen (secondary N) is 10. The first-order valence-electron chi connectivity index (χ1n) is 41.5. The summed E-state index contributed by atoms with van der Waals surface area (Å²) in [6.45, 7) is 5.46. The summed E-state index contributed by atoms with van der Waals surface area (Å²) in [5, 5.41) is 131. The van der Waals surface area contributed by atoms with Crippen LogP contribution < -0.4 is 79.0 Å². The molecule has 0 spiro atoms. The number of anilines is 1. The highest BCUT2D eigenvalue weighted by atomic mass is 35.5. The lowest BCUT2D eigenvalue weighted by Gasteiger charge is -2.48. The quantitative estimate of drug-likeness (QED) is 0.0401. The van der Waals surface area contributed by atoms with Crippen LogP contribution in [0.2, 0.25) is 20.1 Å². The summed E-state index contributed by atoms with van der Waals surface area (Å²) in [6, 6.07) is 5.01. The van der Waals surface area contributed by atoms with Gasteiger partial charge in [0.1, 0.15) is 101 Å². The van der Waals surface area contributed by atoms with Crippen molar-refractivity contribution < 1.29 is 132 Å². The fourth-order valence-corrected chi connectivity index (χ4v) is 16.7. The van der Waals surface area contributed by atoms with Gasteiger partial charge in [0.2, 0.25) is 59.3 Å². The molecule has 3 fully saturated rings. The predicted molar refractivity (Wildman–Crippen MR) is 464 cm³/mol. The molecule has 7 aromatic rings. The van der Waals surface area contributed by atoms with Gasteiger partial charge < -0.3 is 138 Å². The number of aromatic nitrogens is 2. The maximum atomic E-state index is 16.4. The van der Waals surface area contributed by atoms with E-state index in [1.54, 1.807) is 26.8 Å². The number of carbonyl (C=O) groups excluding carboxylic acids is 10. The number of hydrogen-bond donors (Lipinski definition) is 20. The molecule has 132 heavy (non-hydrogen) atoms. The average molecular weight is 1920 g/mol. The Morgan fingerprint density at radius 3 is 2.00 bits per heavy atom. The van der Waals surface area contributed by atoms with Gasteiger partial charge in [0, 0.05) is 61.5 Å². The van der Waals surface area contributed by atoms with Crippen LogP contribution in [0, 0.1) is 5.92 Å². The van der Waals surface area contributed by atoms with Gasteiger partial charge in [0.25, 0.3) is 11.8 Å². The molecule has 46 heteroatoms. The Labute approximate surface area is 771 Å². The fraction of sp³-hybridized carbons (Fsp3) is 0.419. The number of phenols is 3. The Balaban J connectivity index is 0.935. The maximum absolute atomic E-state index is 16.4. The Kier molecular flexibility index (Phi) is 31.2. The number of hydrogen-bond acceptors (Lipinski definition) is 31. The van der Waals surface area contributed by atoms with Crippen molar-refractivity contribution in [3.63, 3.8) is 0 Å². The Morgan fingerprint density at radius 1 is 0.697 bits per heavy atom. The van der Waals surface area contributed by atoms with Crippen LogP contribution >= 0.6 is 46.4 Å². The Morgan fingerprint density at radius 2 is 1.36 bits per heavy atom. The van der Waals surface area contributed by atoms with Crippen LogP contribution in [0.15, 0.2) is 114 Å². The van der Waals surface area contributed by atoms with E-state index in [0.717, 1.165) is 66.7 Å². The molecule has 21 N–H and O–H groups in total. The number of halogens is 4. The molecule has 10 amide bonds. The third-order valence-corrected chi connectivity index (χ3v) is 24.2. The van der Waals surface area contributed by atoms with Gasteiger partial charge in [-0.15, -0.1) is 0 Å². The van der Waals surface area contributed by atoms with E-state index in [9.17, 15) is 74.7 Å². The van der Waals surface area contributed by atoms with E-state index in [2.05, 4.69) is 58.3 Å². The second kappa shape index (κ2) is 42.1. The molecule has 6 aromatic carbocycles. The zero-order valence-electron chi connectivity index (χ0n) is 71.0. The van der Waals surface area contributed by atoms with Crippen LogP contribution in [-0.2, 0) is 84.7 Å². The van der Waals surface area contributed by atoms with Gasteiger partial charge in [0.05, 0.1) is 71.0 Å². The molecule has 1 aromatic heterocycles. The van der Waals surface area contributed by atoms with Crippen LogP contribution in [0.4, 0.5) is 5.82 Å². The number of rotatable bonds is 23. The Bertz CT molecular complexity index is 5640. The van der Waals surface area contributed by atoms with Crippen molar-refractivity contribution in [2.24, 2.45) is 11.7 Å². The lowest BCUT2D eigenvalue weighted by molar-refractivity contribution is -0.334. The highest BCUT2D eigenvalue weighted by Gasteiger charge is 2.53. The molecule has 0 unspecified atom stereocenters. The average Bonchev–Trinajstić information content (AvgIpc) is 0.760. The monoisotopic (exact) mass is 1910 g/mol. The van der Waals surface area contributed by atoms with Crippen molar-refractivity contribution in [2.75, 3.05) is 58.4 Å². The van der Waals surface area contributed by atoms with Gasteiger partial charge >= 0.3 is 5.69 Å². The number of nitrogens with zero attached hydrogens (tertiary/aromatic N) is 3. The van der Waals surface area contributed by atoms with E-state index in [0.29, 0.717) is 5.56 Å². The number of aromatic hydroxyl groups is 3. The molecular weight excluding hydrogens is 1820 g/mol. The van der Waals surface area contributed by atoms with Crippen molar-refractivity contribution in [3.8, 4) is 57.1 Å². The largest absolute Gasteiger partial charge is 0.508 e. The molecule has 8 aliphatic heterocycles. The molecule has 11 bridgehead atoms. The topological polar surface area (TPSA) is 611 Å². The number of phenolic OH excluding ortho intramolecular Hbond substituents is 3. The number of benzene rings is 6. The number of ether oxygens (including phenoxy) is 7. The summed E-state index contributed by atoms with van der Waals surface area (Å²) >= 11 is 26.6. The van der Waals surface area contributed by atoms with E-state index in [1.807, 2.05) is 0 Å². The van der Waals surface area contributed by atoms with Gasteiger partial charge in [-0.3, -0.25) is 57.4 Å². The lowest BCUT2D eigenvalue weighted by Crippen LogP contribution is -2.65. The molecule has 3 saturated heterocycles. The number of likely N-dealkylation sites (N-methyl/N-ethyl adjacent to an activating group) is 1. The SMILES string of the molecule is CN[C@H](CC(C)C)C(=O)N[C@H]1C(=O)N[C@@H](CC(N)=O)C(=O)N[C@H]2C(=O)N[C@H]3C(=O)N[C@H](C(=O)N[C@@H](C(=O)NOCC(=O)N4CCOCC4)c4cc(O)cc(O)c4-c4cc3ccc4O)[C@H](O)c3ccc(c(Cl)c3)Oc3cc2cc(c3O[C@@H]2O[C@H](CO)[C@@H](O)[C@H](O)[C@H]2O[C@H]2C[C@](C)(NCCn3ccc(NC(=O)Cc4ccc(Cl)c(Cl)c4)nc3=O)[C@H](O)[C@H](C)O2)Oc2ccc(cc2Cl)[C@H]1O. The summed E-state index contributed by atoms with van der Waals surface area (Å²) in [5.74, 6) is -17.3. The third-order valence-electron chi connectivity index (χ3n) is 22.9. The summed E-state index contributed by atoms with van der Waals surface area (Å²) < 4.78 is 46.0. The number of primary amides is 1. The Hall–Kier alpha value is -11.7. The summed E-state index contributed by atoms with van der Waals surface area (Å²) in [5.41, 5.74) is 3.27. The van der Waals surface area contributed by atoms with Gasteiger partial charge in [-0.05, 0) is 139 Å². The first-order chi connectivity index (χ1) is 62.8. The lowest BCUT2D eigenvalue weighted by atomic mass is 9.85. The molecule has 0 saturated carbocycles. The minimum atomic E-state index is -2.42. The van der Waals surface area contributed by atoms with Crippen LogP contribution in [0.25, 0.3) is 11.1 Å². The first-order valence-corrected chi connectivity index (χ1v) is 43.1. The minimum Gasteiger partial charge on any atom is -0.508 e. The first kappa shape index (κ1) is 97.9. The normalized spacial score (nSPS) is 25.9. The number of fused-ring (bicyclic) bond motifs is 15. The zero-order valence-corrected chi connectivity index (χ0v) is 74.0. The standard InChI is InChI=1S/C86H96Cl4N14O28/c1-36(2)22-50(92-5)77(117)100-68-70(112)40-8-12-54(48(89)26-40)128-56-28-42-29-57(74(56)132-84-75(73(115)72(114)58(34-105)130-84)131-63-33-86(4,76(116)37(3)127-63)93-15-17-104-16-14-60(96-85(104)124)95-61(110)24-38-6-10-46(87)47(88)23-38)129-55-13-9-41(27-49(55)90)71(113)69-82(122)99-67(83(123)102-126-35-62(111)103-18-20-125-21-19-103)45-30-43(106)31-53(108)64(45)44-25-39(7-11-52(44)107)65(79(119)101-69)98-80(120)66(42)97-78(118)51(32-59(91)109)94-81(68)121/h6-14,16,23,25-31,36-37,50-51,58,63,65-73,75-76,84,92-93,105-108,112-116H,15,17-22,24,32-35H2,1-5H3,(H2,91,109)(H,94,121)(H,97,118)(H,98,120)(H,99,122)(H,100,117)(H,101,119)(H,102,123)(H,95,96,110,124)/t37-,50+,51-,58+,63-,65+,66+,67+,68+,69-,70+,71+,72+,73-,75+,76+,84-,86-/m0/s1. The summed E-state index contributed by atoms with van der Waals surface area (Å²) in [7, 11) is 1.46. The van der Waals surface area contributed by atoms with Crippen LogP contribution in [0.3, 0.4) is 0 Å². The predicted octanol–water partition coefficient (Wildman–Crippen LogP) is 1.30. The second-order valence-electron chi connectivity index (χ2n) is 32.7. The number of aliphatic hydroxyl groups is 6. The van der Waals surface area contributed by atoms with Crippen molar-refractivity contribution in [2.45, 2.75) is 169 Å². The molecule has 706 valence electrons. The zero-order chi connectivity index (χ0) is 95.2. The van der Waals surface area contributed by atoms with Crippen LogP contribution in [0.5, 0.6) is 46.0 Å². The van der Waals surface area contributed by atoms with Gasteiger partial charge in [0.15, 0.2) is 30.5 Å². The number of aliphatic hydroxyl groups excluding tert-OH is 6. The number of carbonyl (C=O) groups is 10. The molecule has 15 rings (SSSR count). The highest BCUT2D eigenvalue weighted by Crippen LogP contribution is 2.50. The van der Waals surface area contributed by atoms with Crippen molar-refractivity contribution in [1.82, 2.24) is 62.5 Å².